The Morgan fingerprint density at radius 2 is 2.36 bits per heavy atom. The molecule has 2 rings (SSSR count). The summed E-state index contributed by atoms with van der Waals surface area (Å²) in [6.45, 7) is 4.65. The SMILES string of the molecule is CC(C)c1n[nH]c2c1CCC(CO)C2. The summed E-state index contributed by atoms with van der Waals surface area (Å²) in [7, 11) is 0. The molecular formula is C11H18N2O. The molecule has 0 aliphatic heterocycles. The molecule has 3 nitrogen and oxygen atoms in total. The highest BCUT2D eigenvalue weighted by Crippen LogP contribution is 2.29. The molecule has 1 unspecified atom stereocenters. The first-order chi connectivity index (χ1) is 6.72. The lowest BCUT2D eigenvalue weighted by Gasteiger charge is -2.20. The van der Waals surface area contributed by atoms with Crippen molar-refractivity contribution in [2.24, 2.45) is 5.92 Å². The van der Waals surface area contributed by atoms with Crippen LogP contribution in [0, 0.1) is 5.92 Å². The van der Waals surface area contributed by atoms with Crippen molar-refractivity contribution in [2.75, 3.05) is 6.61 Å². The normalized spacial score (nSPS) is 21.3. The third-order valence-corrected chi connectivity index (χ3v) is 3.09. The van der Waals surface area contributed by atoms with Crippen LogP contribution < -0.4 is 0 Å². The number of nitrogens with one attached hydrogen (secondary N) is 1. The number of hydrogen-bond donors (Lipinski definition) is 2. The fraction of sp³-hybridized carbons (Fsp3) is 0.727. The first kappa shape index (κ1) is 9.71. The summed E-state index contributed by atoms with van der Waals surface area (Å²) >= 11 is 0. The molecule has 78 valence electrons. The molecule has 1 atom stereocenters. The lowest BCUT2D eigenvalue weighted by molar-refractivity contribution is 0.212. The summed E-state index contributed by atoms with van der Waals surface area (Å²) in [4.78, 5) is 0. The van der Waals surface area contributed by atoms with Crippen LogP contribution in [0.2, 0.25) is 0 Å². The van der Waals surface area contributed by atoms with Gasteiger partial charge in [0.15, 0.2) is 0 Å². The highest BCUT2D eigenvalue weighted by molar-refractivity contribution is 5.30. The van der Waals surface area contributed by atoms with Crippen LogP contribution >= 0.6 is 0 Å². The molecule has 0 aromatic carbocycles. The van der Waals surface area contributed by atoms with E-state index in [2.05, 4.69) is 24.0 Å². The van der Waals surface area contributed by atoms with E-state index in [0.717, 1.165) is 19.3 Å². The predicted octanol–water partition coefficient (Wildman–Crippen LogP) is 1.63. The summed E-state index contributed by atoms with van der Waals surface area (Å²) < 4.78 is 0. The van der Waals surface area contributed by atoms with Crippen LogP contribution in [0.15, 0.2) is 0 Å². The molecular weight excluding hydrogens is 176 g/mol. The van der Waals surface area contributed by atoms with Gasteiger partial charge in [-0.3, -0.25) is 5.10 Å². The summed E-state index contributed by atoms with van der Waals surface area (Å²) in [5.41, 5.74) is 3.88. The van der Waals surface area contributed by atoms with Crippen molar-refractivity contribution >= 4 is 0 Å². The first-order valence-corrected chi connectivity index (χ1v) is 5.39. The second-order valence-electron chi connectivity index (χ2n) is 4.51. The Hall–Kier alpha value is -0.830. The average molecular weight is 194 g/mol. The Kier molecular flexibility index (Phi) is 2.59. The molecule has 3 heteroatoms. The number of H-pyrrole nitrogens is 1. The topological polar surface area (TPSA) is 48.9 Å². The number of fused-ring (bicyclic) bond motifs is 1. The molecule has 1 heterocycles. The van der Waals surface area contributed by atoms with Gasteiger partial charge in [0.1, 0.15) is 0 Å². The number of aromatic amines is 1. The first-order valence-electron chi connectivity index (χ1n) is 5.39. The van der Waals surface area contributed by atoms with Gasteiger partial charge in [0.05, 0.1) is 5.69 Å². The van der Waals surface area contributed by atoms with Crippen LogP contribution in [0.25, 0.3) is 0 Å². The summed E-state index contributed by atoms with van der Waals surface area (Å²) in [6.07, 6.45) is 3.14. The number of rotatable bonds is 2. The number of aliphatic hydroxyl groups is 1. The molecule has 14 heavy (non-hydrogen) atoms. The summed E-state index contributed by atoms with van der Waals surface area (Å²) in [5, 5.41) is 16.6. The zero-order chi connectivity index (χ0) is 10.1. The van der Waals surface area contributed by atoms with Gasteiger partial charge in [0.25, 0.3) is 0 Å². The van der Waals surface area contributed by atoms with Crippen LogP contribution in [-0.4, -0.2) is 21.9 Å². The van der Waals surface area contributed by atoms with Gasteiger partial charge in [0.2, 0.25) is 0 Å². The highest BCUT2D eigenvalue weighted by atomic mass is 16.3. The van der Waals surface area contributed by atoms with E-state index < -0.39 is 0 Å². The van der Waals surface area contributed by atoms with Crippen molar-refractivity contribution < 1.29 is 5.11 Å². The molecule has 0 radical (unpaired) electrons. The van der Waals surface area contributed by atoms with Crippen molar-refractivity contribution in [1.82, 2.24) is 10.2 Å². The molecule has 0 bridgehead atoms. The molecule has 0 amide bonds. The number of aromatic nitrogens is 2. The quantitative estimate of drug-likeness (QED) is 0.751. The van der Waals surface area contributed by atoms with Crippen LogP contribution in [-0.2, 0) is 12.8 Å². The average Bonchev–Trinajstić information content (AvgIpc) is 2.59. The summed E-state index contributed by atoms with van der Waals surface area (Å²) in [5.74, 6) is 0.934. The maximum Gasteiger partial charge on any atom is 0.0682 e. The second-order valence-corrected chi connectivity index (χ2v) is 4.51. The predicted molar refractivity (Wildman–Crippen MR) is 55.3 cm³/mol. The van der Waals surface area contributed by atoms with Gasteiger partial charge in [-0.2, -0.15) is 5.10 Å². The highest BCUT2D eigenvalue weighted by Gasteiger charge is 2.23. The van der Waals surface area contributed by atoms with E-state index in [1.807, 2.05) is 0 Å². The fourth-order valence-electron chi connectivity index (χ4n) is 2.24. The minimum Gasteiger partial charge on any atom is -0.396 e. The molecule has 1 aromatic rings. The Morgan fingerprint density at radius 1 is 1.57 bits per heavy atom. The van der Waals surface area contributed by atoms with Gasteiger partial charge in [-0.25, -0.2) is 0 Å². The van der Waals surface area contributed by atoms with E-state index >= 15 is 0 Å². The van der Waals surface area contributed by atoms with Crippen molar-refractivity contribution in [3.63, 3.8) is 0 Å². The van der Waals surface area contributed by atoms with Crippen molar-refractivity contribution in [3.8, 4) is 0 Å². The zero-order valence-electron chi connectivity index (χ0n) is 8.88. The van der Waals surface area contributed by atoms with Crippen molar-refractivity contribution in [3.05, 3.63) is 17.0 Å². The molecule has 0 saturated heterocycles. The fourth-order valence-corrected chi connectivity index (χ4v) is 2.24. The van der Waals surface area contributed by atoms with E-state index in [-0.39, 0.29) is 0 Å². The summed E-state index contributed by atoms with van der Waals surface area (Å²) in [6, 6.07) is 0. The Morgan fingerprint density at radius 3 is 3.00 bits per heavy atom. The van der Waals surface area contributed by atoms with Gasteiger partial charge in [-0.15, -0.1) is 0 Å². The third kappa shape index (κ3) is 1.57. The van der Waals surface area contributed by atoms with Gasteiger partial charge < -0.3 is 5.11 Å². The van der Waals surface area contributed by atoms with E-state index in [0.29, 0.717) is 18.4 Å². The minimum atomic E-state index is 0.301. The molecule has 2 N–H and O–H groups in total. The van der Waals surface area contributed by atoms with E-state index in [4.69, 9.17) is 5.11 Å². The zero-order valence-corrected chi connectivity index (χ0v) is 8.88. The van der Waals surface area contributed by atoms with Crippen LogP contribution in [0.1, 0.15) is 43.1 Å². The molecule has 1 aliphatic carbocycles. The van der Waals surface area contributed by atoms with Gasteiger partial charge in [0, 0.05) is 12.3 Å². The standard InChI is InChI=1S/C11H18N2O/c1-7(2)11-9-4-3-8(6-14)5-10(9)12-13-11/h7-8,14H,3-6H2,1-2H3,(H,12,13). The number of nitrogens with zero attached hydrogens (tertiary/aromatic N) is 1. The second kappa shape index (κ2) is 3.73. The molecule has 0 spiro atoms. The maximum absolute atomic E-state index is 9.10. The number of aliphatic hydroxyl groups excluding tert-OH is 1. The minimum absolute atomic E-state index is 0.301. The largest absolute Gasteiger partial charge is 0.396 e. The van der Waals surface area contributed by atoms with Crippen molar-refractivity contribution in [1.29, 1.82) is 0 Å². The Balaban J connectivity index is 2.25. The number of hydrogen-bond acceptors (Lipinski definition) is 2. The molecule has 1 aromatic heterocycles. The van der Waals surface area contributed by atoms with Gasteiger partial charge >= 0.3 is 0 Å². The molecule has 0 saturated carbocycles. The third-order valence-electron chi connectivity index (χ3n) is 3.09. The van der Waals surface area contributed by atoms with Crippen molar-refractivity contribution in [2.45, 2.75) is 39.0 Å². The van der Waals surface area contributed by atoms with Gasteiger partial charge in [-0.1, -0.05) is 13.8 Å². The molecule has 1 aliphatic rings. The lowest BCUT2D eigenvalue weighted by Crippen LogP contribution is -2.17. The molecule has 0 fully saturated rings. The van der Waals surface area contributed by atoms with Crippen LogP contribution in [0.3, 0.4) is 0 Å². The Labute approximate surface area is 84.5 Å². The van der Waals surface area contributed by atoms with Crippen LogP contribution in [0.5, 0.6) is 0 Å². The van der Waals surface area contributed by atoms with E-state index in [1.54, 1.807) is 0 Å². The van der Waals surface area contributed by atoms with E-state index in [9.17, 15) is 0 Å². The smallest absolute Gasteiger partial charge is 0.0682 e. The lowest BCUT2D eigenvalue weighted by atomic mass is 9.86. The van der Waals surface area contributed by atoms with Crippen LogP contribution in [0.4, 0.5) is 0 Å². The monoisotopic (exact) mass is 194 g/mol. The van der Waals surface area contributed by atoms with E-state index in [1.165, 1.54) is 17.0 Å². The Bertz CT molecular complexity index is 317. The maximum atomic E-state index is 9.10. The van der Waals surface area contributed by atoms with Gasteiger partial charge in [-0.05, 0) is 36.7 Å².